The third-order valence-corrected chi connectivity index (χ3v) is 4.36. The van der Waals surface area contributed by atoms with Crippen LogP contribution < -0.4 is 5.73 Å². The second-order valence-electron chi connectivity index (χ2n) is 6.49. The van der Waals surface area contributed by atoms with Crippen LogP contribution >= 0.6 is 0 Å². The molecule has 0 fully saturated rings. The van der Waals surface area contributed by atoms with Gasteiger partial charge in [0.25, 0.3) is 0 Å². The van der Waals surface area contributed by atoms with Crippen molar-refractivity contribution in [1.82, 2.24) is 10.2 Å². The van der Waals surface area contributed by atoms with Gasteiger partial charge < -0.3 is 14.9 Å². The van der Waals surface area contributed by atoms with E-state index in [2.05, 4.69) is 10.2 Å². The van der Waals surface area contributed by atoms with E-state index in [0.29, 0.717) is 22.6 Å². The number of nitrogens with two attached hydrogens (primary N) is 1. The van der Waals surface area contributed by atoms with Crippen LogP contribution in [0.1, 0.15) is 34.6 Å². The summed E-state index contributed by atoms with van der Waals surface area (Å²) in [6.07, 6.45) is -6.05. The number of hydrogen-bond acceptors (Lipinski definition) is 5. The molecule has 1 aromatic heterocycles. The standard InChI is InChI=1S/C20H18F3N3O3/c1-11-3-4-14(13-5-7-15(8-6-13)20(21,22)23)9-16(11)17(29-19(24)27)10-18-26-25-12(2)28-18/h3-9,17H,10H2,1-2H3,(H2,24,27). The van der Waals surface area contributed by atoms with Gasteiger partial charge in [0.15, 0.2) is 0 Å². The largest absolute Gasteiger partial charge is 0.441 e. The smallest absolute Gasteiger partial charge is 0.416 e. The number of ether oxygens (including phenoxy) is 1. The van der Waals surface area contributed by atoms with Gasteiger partial charge in [-0.25, -0.2) is 4.79 Å². The third-order valence-electron chi connectivity index (χ3n) is 4.36. The highest BCUT2D eigenvalue weighted by molar-refractivity contribution is 5.67. The molecule has 0 bridgehead atoms. The zero-order valence-electron chi connectivity index (χ0n) is 15.7. The van der Waals surface area contributed by atoms with Gasteiger partial charge in [-0.2, -0.15) is 13.2 Å². The van der Waals surface area contributed by atoms with Crippen LogP contribution in [0, 0.1) is 13.8 Å². The Hall–Kier alpha value is -3.36. The molecule has 9 heteroatoms. The fourth-order valence-corrected chi connectivity index (χ4v) is 2.95. The molecule has 2 aromatic carbocycles. The Morgan fingerprint density at radius 2 is 1.76 bits per heavy atom. The average Bonchev–Trinajstić information content (AvgIpc) is 3.05. The molecule has 152 valence electrons. The second kappa shape index (κ2) is 7.94. The van der Waals surface area contributed by atoms with Crippen molar-refractivity contribution in [3.8, 4) is 11.1 Å². The monoisotopic (exact) mass is 405 g/mol. The van der Waals surface area contributed by atoms with Crippen molar-refractivity contribution in [2.75, 3.05) is 0 Å². The van der Waals surface area contributed by atoms with Crippen molar-refractivity contribution >= 4 is 6.09 Å². The van der Waals surface area contributed by atoms with Gasteiger partial charge in [0.2, 0.25) is 11.8 Å². The van der Waals surface area contributed by atoms with Crippen molar-refractivity contribution in [3.63, 3.8) is 0 Å². The van der Waals surface area contributed by atoms with Crippen molar-refractivity contribution in [2.45, 2.75) is 32.5 Å². The van der Waals surface area contributed by atoms with Crippen LogP contribution in [-0.4, -0.2) is 16.3 Å². The van der Waals surface area contributed by atoms with E-state index < -0.39 is 23.9 Å². The third kappa shape index (κ3) is 4.92. The number of halogens is 3. The number of aromatic nitrogens is 2. The lowest BCUT2D eigenvalue weighted by atomic mass is 9.95. The lowest BCUT2D eigenvalue weighted by Gasteiger charge is -2.19. The summed E-state index contributed by atoms with van der Waals surface area (Å²) in [6, 6.07) is 10.1. The molecule has 0 saturated heterocycles. The summed E-state index contributed by atoms with van der Waals surface area (Å²) < 4.78 is 49.0. The lowest BCUT2D eigenvalue weighted by Crippen LogP contribution is -2.20. The van der Waals surface area contributed by atoms with Crippen LogP contribution in [0.3, 0.4) is 0 Å². The first-order valence-corrected chi connectivity index (χ1v) is 8.66. The van der Waals surface area contributed by atoms with Gasteiger partial charge in [0.1, 0.15) is 6.10 Å². The van der Waals surface area contributed by atoms with Gasteiger partial charge in [-0.1, -0.05) is 24.3 Å². The van der Waals surface area contributed by atoms with Gasteiger partial charge >= 0.3 is 12.3 Å². The van der Waals surface area contributed by atoms with Crippen LogP contribution in [0.2, 0.25) is 0 Å². The maximum absolute atomic E-state index is 12.8. The number of hydrogen-bond donors (Lipinski definition) is 1. The number of primary amides is 1. The molecule has 6 nitrogen and oxygen atoms in total. The minimum Gasteiger partial charge on any atom is -0.441 e. The van der Waals surface area contributed by atoms with Crippen molar-refractivity contribution in [2.24, 2.45) is 5.73 Å². The molecule has 0 saturated carbocycles. The van der Waals surface area contributed by atoms with Crippen molar-refractivity contribution < 1.29 is 27.1 Å². The normalized spacial score (nSPS) is 12.6. The van der Waals surface area contributed by atoms with E-state index in [4.69, 9.17) is 14.9 Å². The molecule has 1 heterocycles. The minimum absolute atomic E-state index is 0.112. The van der Waals surface area contributed by atoms with Crippen LogP contribution in [0.4, 0.5) is 18.0 Å². The first-order valence-electron chi connectivity index (χ1n) is 8.66. The Kier molecular flexibility index (Phi) is 5.58. The topological polar surface area (TPSA) is 91.2 Å². The highest BCUT2D eigenvalue weighted by Crippen LogP contribution is 2.33. The Morgan fingerprint density at radius 3 is 2.31 bits per heavy atom. The molecule has 0 aliphatic heterocycles. The molecule has 3 aromatic rings. The predicted octanol–water partition coefficient (Wildman–Crippen LogP) is 4.75. The number of amides is 1. The Bertz CT molecular complexity index is 1010. The predicted molar refractivity (Wildman–Crippen MR) is 97.8 cm³/mol. The molecule has 29 heavy (non-hydrogen) atoms. The number of rotatable bonds is 5. The van der Waals surface area contributed by atoms with Crippen LogP contribution in [0.5, 0.6) is 0 Å². The van der Waals surface area contributed by atoms with E-state index in [9.17, 15) is 18.0 Å². The summed E-state index contributed by atoms with van der Waals surface area (Å²) in [7, 11) is 0. The van der Waals surface area contributed by atoms with E-state index in [0.717, 1.165) is 17.7 Å². The number of alkyl halides is 3. The lowest BCUT2D eigenvalue weighted by molar-refractivity contribution is -0.137. The number of carbonyl (C=O) groups excluding carboxylic acids is 1. The average molecular weight is 405 g/mol. The molecular weight excluding hydrogens is 387 g/mol. The van der Waals surface area contributed by atoms with Gasteiger partial charge in [-0.3, -0.25) is 0 Å². The zero-order valence-corrected chi connectivity index (χ0v) is 15.7. The maximum Gasteiger partial charge on any atom is 0.416 e. The summed E-state index contributed by atoms with van der Waals surface area (Å²) in [5, 5.41) is 7.65. The molecule has 1 unspecified atom stereocenters. The van der Waals surface area contributed by atoms with E-state index in [1.165, 1.54) is 12.1 Å². The highest BCUT2D eigenvalue weighted by Gasteiger charge is 2.30. The van der Waals surface area contributed by atoms with Crippen LogP contribution in [0.25, 0.3) is 11.1 Å². The van der Waals surface area contributed by atoms with Gasteiger partial charge in [-0.15, -0.1) is 10.2 Å². The fourth-order valence-electron chi connectivity index (χ4n) is 2.95. The second-order valence-corrected chi connectivity index (χ2v) is 6.49. The Labute approximate surface area is 164 Å². The molecule has 2 N–H and O–H groups in total. The van der Waals surface area contributed by atoms with E-state index in [-0.39, 0.29) is 12.3 Å². The number of aryl methyl sites for hydroxylation is 2. The molecule has 0 spiro atoms. The van der Waals surface area contributed by atoms with E-state index >= 15 is 0 Å². The van der Waals surface area contributed by atoms with Gasteiger partial charge in [0, 0.05) is 6.92 Å². The number of benzene rings is 2. The van der Waals surface area contributed by atoms with Crippen molar-refractivity contribution in [3.05, 3.63) is 70.9 Å². The first kappa shape index (κ1) is 20.4. The molecular formula is C20H18F3N3O3. The fraction of sp³-hybridized carbons (Fsp3) is 0.250. The quantitative estimate of drug-likeness (QED) is 0.661. The first-order chi connectivity index (χ1) is 13.6. The molecule has 0 aliphatic rings. The zero-order chi connectivity index (χ0) is 21.2. The molecule has 1 atom stereocenters. The number of nitrogens with zero attached hydrogens (tertiary/aromatic N) is 2. The summed E-state index contributed by atoms with van der Waals surface area (Å²) in [4.78, 5) is 11.4. The molecule has 0 radical (unpaired) electrons. The van der Waals surface area contributed by atoms with Gasteiger partial charge in [0.05, 0.1) is 12.0 Å². The molecule has 0 aliphatic carbocycles. The minimum atomic E-state index is -4.40. The van der Waals surface area contributed by atoms with E-state index in [1.54, 1.807) is 25.1 Å². The molecule has 3 rings (SSSR count). The summed E-state index contributed by atoms with van der Waals surface area (Å²) in [6.45, 7) is 3.46. The van der Waals surface area contributed by atoms with Gasteiger partial charge in [-0.05, 0) is 47.4 Å². The Balaban J connectivity index is 1.95. The van der Waals surface area contributed by atoms with Crippen molar-refractivity contribution in [1.29, 1.82) is 0 Å². The summed E-state index contributed by atoms with van der Waals surface area (Å²) in [5.41, 5.74) is 7.18. The van der Waals surface area contributed by atoms with E-state index in [1.807, 2.05) is 6.92 Å². The maximum atomic E-state index is 12.8. The highest BCUT2D eigenvalue weighted by atomic mass is 19.4. The number of carbonyl (C=O) groups is 1. The van der Waals surface area contributed by atoms with Crippen LogP contribution in [-0.2, 0) is 17.3 Å². The molecule has 1 amide bonds. The SMILES string of the molecule is Cc1nnc(CC(OC(N)=O)c2cc(-c3ccc(C(F)(F)F)cc3)ccc2C)o1. The summed E-state index contributed by atoms with van der Waals surface area (Å²) in [5.74, 6) is 0.640. The summed E-state index contributed by atoms with van der Waals surface area (Å²) >= 11 is 0. The van der Waals surface area contributed by atoms with Crippen LogP contribution in [0.15, 0.2) is 46.9 Å². The Morgan fingerprint density at radius 1 is 1.10 bits per heavy atom.